The molecule has 0 aromatic heterocycles. The number of hydrogen-bond donors (Lipinski definition) is 0. The topological polar surface area (TPSA) is 9.23 Å². The Kier molecular flexibility index (Phi) is 4.60. The second-order valence-corrected chi connectivity index (χ2v) is 5.29. The molecule has 0 radical (unpaired) electrons. The zero-order chi connectivity index (χ0) is 13.1. The third-order valence-electron chi connectivity index (χ3n) is 3.03. The van der Waals surface area contributed by atoms with E-state index in [-0.39, 0.29) is 5.92 Å². The number of benzene rings is 1. The zero-order valence-corrected chi connectivity index (χ0v) is 12.0. The largest absolute Gasteiger partial charge is 0.502 e. The van der Waals surface area contributed by atoms with Gasteiger partial charge in [-0.25, -0.2) is 0 Å². The first kappa shape index (κ1) is 13.8. The summed E-state index contributed by atoms with van der Waals surface area (Å²) >= 11 is 18.7. The van der Waals surface area contributed by atoms with Crippen molar-refractivity contribution in [2.24, 2.45) is 0 Å². The van der Waals surface area contributed by atoms with E-state index in [2.05, 4.69) is 6.58 Å². The number of hydrogen-bond acceptors (Lipinski definition) is 1. The molecule has 0 saturated carbocycles. The van der Waals surface area contributed by atoms with Crippen LogP contribution < -0.4 is 0 Å². The van der Waals surface area contributed by atoms with Gasteiger partial charge in [-0.05, 0) is 24.5 Å². The first-order valence-corrected chi connectivity index (χ1v) is 6.86. The number of allylic oxidation sites excluding steroid dienone is 1. The van der Waals surface area contributed by atoms with Crippen LogP contribution in [0.4, 0.5) is 0 Å². The van der Waals surface area contributed by atoms with Crippen LogP contribution in [0.1, 0.15) is 29.9 Å². The van der Waals surface area contributed by atoms with Gasteiger partial charge < -0.3 is 4.74 Å². The molecule has 0 spiro atoms. The summed E-state index contributed by atoms with van der Waals surface area (Å²) in [6.07, 6.45) is 3.23. The van der Waals surface area contributed by atoms with E-state index in [0.29, 0.717) is 21.7 Å². The molecule has 1 aromatic carbocycles. The average molecular weight is 304 g/mol. The normalized spacial score (nSPS) is 17.8. The smallest absolute Gasteiger partial charge is 0.0873 e. The fourth-order valence-electron chi connectivity index (χ4n) is 2.21. The Morgan fingerprint density at radius 2 is 2.06 bits per heavy atom. The number of halogens is 3. The molecule has 0 amide bonds. The van der Waals surface area contributed by atoms with Gasteiger partial charge in [0.05, 0.1) is 17.9 Å². The van der Waals surface area contributed by atoms with Crippen molar-refractivity contribution in [1.29, 1.82) is 0 Å². The molecule has 1 aliphatic carbocycles. The molecule has 0 aliphatic heterocycles. The zero-order valence-electron chi connectivity index (χ0n) is 9.76. The van der Waals surface area contributed by atoms with E-state index in [1.54, 1.807) is 0 Å². The Labute approximate surface area is 122 Å². The van der Waals surface area contributed by atoms with Crippen LogP contribution in [0, 0.1) is 0 Å². The fourth-order valence-corrected chi connectivity index (χ4v) is 3.20. The third kappa shape index (κ3) is 2.54. The molecule has 1 aliphatic rings. The van der Waals surface area contributed by atoms with Crippen LogP contribution in [0.15, 0.2) is 36.1 Å². The molecular weight excluding hydrogens is 291 g/mol. The van der Waals surface area contributed by atoms with Gasteiger partial charge in [-0.2, -0.15) is 0 Å². The SMILES string of the molecule is C=COCCCC1C(Cl)=C(Cl)c2c(Cl)cccc21. The van der Waals surface area contributed by atoms with E-state index >= 15 is 0 Å². The first-order chi connectivity index (χ1) is 8.66. The highest BCUT2D eigenvalue weighted by molar-refractivity contribution is 6.57. The number of fused-ring (bicyclic) bond motifs is 1. The van der Waals surface area contributed by atoms with Crippen LogP contribution in [0.25, 0.3) is 5.03 Å². The maximum absolute atomic E-state index is 6.31. The van der Waals surface area contributed by atoms with Crippen molar-refractivity contribution in [3.63, 3.8) is 0 Å². The Morgan fingerprint density at radius 3 is 2.78 bits per heavy atom. The van der Waals surface area contributed by atoms with E-state index in [9.17, 15) is 0 Å². The summed E-state index contributed by atoms with van der Waals surface area (Å²) in [5.74, 6) is 0.126. The predicted molar refractivity (Wildman–Crippen MR) is 78.2 cm³/mol. The molecule has 0 fully saturated rings. The van der Waals surface area contributed by atoms with Crippen LogP contribution in [0.5, 0.6) is 0 Å². The van der Waals surface area contributed by atoms with E-state index < -0.39 is 0 Å². The molecule has 18 heavy (non-hydrogen) atoms. The quantitative estimate of drug-likeness (QED) is 0.514. The average Bonchev–Trinajstić information content (AvgIpc) is 2.60. The van der Waals surface area contributed by atoms with Gasteiger partial charge in [0.1, 0.15) is 0 Å². The van der Waals surface area contributed by atoms with Crippen molar-refractivity contribution in [3.05, 3.63) is 52.2 Å². The molecule has 4 heteroatoms. The molecule has 2 rings (SSSR count). The highest BCUT2D eigenvalue weighted by atomic mass is 35.5. The minimum atomic E-state index is 0.126. The van der Waals surface area contributed by atoms with Crippen molar-refractivity contribution >= 4 is 39.8 Å². The minimum absolute atomic E-state index is 0.126. The van der Waals surface area contributed by atoms with E-state index in [1.165, 1.54) is 6.26 Å². The van der Waals surface area contributed by atoms with Crippen LogP contribution >= 0.6 is 34.8 Å². The second-order valence-electron chi connectivity index (χ2n) is 4.10. The van der Waals surface area contributed by atoms with E-state index in [0.717, 1.165) is 24.0 Å². The number of ether oxygens (including phenoxy) is 1. The Balaban J connectivity index is 2.19. The highest BCUT2D eigenvalue weighted by Crippen LogP contribution is 2.50. The van der Waals surface area contributed by atoms with Crippen molar-refractivity contribution in [3.8, 4) is 0 Å². The van der Waals surface area contributed by atoms with E-state index in [1.807, 2.05) is 18.2 Å². The second kappa shape index (κ2) is 6.01. The summed E-state index contributed by atoms with van der Waals surface area (Å²) < 4.78 is 5.11. The van der Waals surface area contributed by atoms with Gasteiger partial charge >= 0.3 is 0 Å². The van der Waals surface area contributed by atoms with Crippen LogP contribution in [0.2, 0.25) is 5.02 Å². The Bertz CT molecular complexity index is 494. The van der Waals surface area contributed by atoms with Gasteiger partial charge in [0.15, 0.2) is 0 Å². The van der Waals surface area contributed by atoms with E-state index in [4.69, 9.17) is 39.5 Å². The van der Waals surface area contributed by atoms with Crippen LogP contribution in [0.3, 0.4) is 0 Å². The first-order valence-electron chi connectivity index (χ1n) is 5.73. The van der Waals surface area contributed by atoms with Gasteiger partial charge in [0, 0.05) is 21.5 Å². The summed E-state index contributed by atoms with van der Waals surface area (Å²) in [5.41, 5.74) is 1.98. The predicted octanol–water partition coefficient (Wildman–Crippen LogP) is 5.52. The maximum Gasteiger partial charge on any atom is 0.0873 e. The molecule has 0 heterocycles. The Hall–Kier alpha value is -0.630. The molecule has 0 saturated heterocycles. The summed E-state index contributed by atoms with van der Waals surface area (Å²) in [6, 6.07) is 5.78. The van der Waals surface area contributed by atoms with Gasteiger partial charge in [-0.15, -0.1) is 0 Å². The molecule has 0 N–H and O–H groups in total. The minimum Gasteiger partial charge on any atom is -0.502 e. The summed E-state index contributed by atoms with van der Waals surface area (Å²) in [7, 11) is 0. The lowest BCUT2D eigenvalue weighted by atomic mass is 9.96. The molecule has 0 bridgehead atoms. The van der Waals surface area contributed by atoms with Gasteiger partial charge in [-0.1, -0.05) is 53.5 Å². The van der Waals surface area contributed by atoms with Crippen LogP contribution in [-0.2, 0) is 4.74 Å². The van der Waals surface area contributed by atoms with Gasteiger partial charge in [0.2, 0.25) is 0 Å². The maximum atomic E-state index is 6.31. The van der Waals surface area contributed by atoms with Gasteiger partial charge in [0.25, 0.3) is 0 Å². The summed E-state index contributed by atoms with van der Waals surface area (Å²) in [4.78, 5) is 0. The van der Waals surface area contributed by atoms with Crippen molar-refractivity contribution in [2.75, 3.05) is 6.61 Å². The van der Waals surface area contributed by atoms with Crippen LogP contribution in [-0.4, -0.2) is 6.61 Å². The molecule has 1 atom stereocenters. The lowest BCUT2D eigenvalue weighted by Gasteiger charge is -2.12. The monoisotopic (exact) mass is 302 g/mol. The molecule has 1 aromatic rings. The molecule has 1 unspecified atom stereocenters. The van der Waals surface area contributed by atoms with Crippen molar-refractivity contribution in [2.45, 2.75) is 18.8 Å². The summed E-state index contributed by atoms with van der Waals surface area (Å²) in [5, 5.41) is 1.91. The third-order valence-corrected chi connectivity index (χ3v) is 4.29. The lowest BCUT2D eigenvalue weighted by Crippen LogP contribution is -1.98. The fraction of sp³-hybridized carbons (Fsp3) is 0.286. The molecule has 96 valence electrons. The highest BCUT2D eigenvalue weighted by Gasteiger charge is 2.30. The lowest BCUT2D eigenvalue weighted by molar-refractivity contribution is 0.241. The Morgan fingerprint density at radius 1 is 1.28 bits per heavy atom. The number of rotatable bonds is 5. The standard InChI is InChI=1S/C14H13Cl3O/c1-2-18-8-4-6-10-9-5-3-7-11(15)12(9)14(17)13(10)16/h2-3,5,7,10H,1,4,6,8H2. The van der Waals surface area contributed by atoms with Crippen molar-refractivity contribution in [1.82, 2.24) is 0 Å². The molecular formula is C14H13Cl3O. The van der Waals surface area contributed by atoms with Crippen molar-refractivity contribution < 1.29 is 4.74 Å². The molecule has 1 nitrogen and oxygen atoms in total. The van der Waals surface area contributed by atoms with Gasteiger partial charge in [-0.3, -0.25) is 0 Å². The summed E-state index contributed by atoms with van der Waals surface area (Å²) in [6.45, 7) is 4.14.